The Kier molecular flexibility index (Phi) is 4.62. The van der Waals surface area contributed by atoms with Gasteiger partial charge in [-0.1, -0.05) is 6.92 Å². The van der Waals surface area contributed by atoms with E-state index in [2.05, 4.69) is 17.6 Å². The fourth-order valence-corrected chi connectivity index (χ4v) is 2.94. The molecule has 4 nitrogen and oxygen atoms in total. The van der Waals surface area contributed by atoms with E-state index in [-0.39, 0.29) is 11.6 Å². The highest BCUT2D eigenvalue weighted by Gasteiger charge is 2.40. The van der Waals surface area contributed by atoms with Crippen molar-refractivity contribution in [1.29, 1.82) is 0 Å². The van der Waals surface area contributed by atoms with Gasteiger partial charge in [0.05, 0.1) is 5.54 Å². The second-order valence-electron chi connectivity index (χ2n) is 7.49. The Morgan fingerprint density at radius 3 is 2.40 bits per heavy atom. The number of alkyl carbamates (subject to hydrolysis) is 1. The molecule has 0 aromatic heterocycles. The maximum Gasteiger partial charge on any atom is 0.408 e. The van der Waals surface area contributed by atoms with Crippen LogP contribution in [0.1, 0.15) is 66.2 Å². The molecule has 2 aliphatic rings. The maximum atomic E-state index is 12.0. The molecule has 1 atom stereocenters. The van der Waals surface area contributed by atoms with Gasteiger partial charge in [0.2, 0.25) is 0 Å². The second-order valence-corrected chi connectivity index (χ2v) is 7.49. The third kappa shape index (κ3) is 4.37. The standard InChI is InChI=1S/C16H30N2O2/c1-5-13(12-7-8-12)17-11-16(9-6-10-16)18-14(19)20-15(2,3)4/h12-13,17H,5-11H2,1-4H3,(H,18,19). The van der Waals surface area contributed by atoms with E-state index in [9.17, 15) is 4.79 Å². The number of hydrogen-bond donors (Lipinski definition) is 2. The summed E-state index contributed by atoms with van der Waals surface area (Å²) in [6, 6.07) is 0.618. The van der Waals surface area contributed by atoms with E-state index in [0.717, 1.165) is 25.3 Å². The van der Waals surface area contributed by atoms with Crippen LogP contribution in [0.15, 0.2) is 0 Å². The fraction of sp³-hybridized carbons (Fsp3) is 0.938. The first-order valence-corrected chi connectivity index (χ1v) is 8.08. The molecule has 2 fully saturated rings. The van der Waals surface area contributed by atoms with Gasteiger partial charge in [-0.05, 0) is 65.2 Å². The SMILES string of the molecule is CCC(NCC1(NC(=O)OC(C)(C)C)CCC1)C1CC1. The summed E-state index contributed by atoms with van der Waals surface area (Å²) in [4.78, 5) is 12.0. The van der Waals surface area contributed by atoms with Crippen molar-refractivity contribution < 1.29 is 9.53 Å². The highest BCUT2D eigenvalue weighted by Crippen LogP contribution is 2.36. The van der Waals surface area contributed by atoms with Crippen molar-refractivity contribution in [3.8, 4) is 0 Å². The van der Waals surface area contributed by atoms with Crippen molar-refractivity contribution in [3.05, 3.63) is 0 Å². The lowest BCUT2D eigenvalue weighted by atomic mass is 9.76. The van der Waals surface area contributed by atoms with Gasteiger partial charge in [0, 0.05) is 12.6 Å². The van der Waals surface area contributed by atoms with Crippen LogP contribution in [0.25, 0.3) is 0 Å². The molecule has 0 radical (unpaired) electrons. The summed E-state index contributed by atoms with van der Waals surface area (Å²) in [7, 11) is 0. The highest BCUT2D eigenvalue weighted by molar-refractivity contribution is 5.69. The first kappa shape index (κ1) is 15.6. The average Bonchev–Trinajstić information content (AvgIpc) is 3.07. The maximum absolute atomic E-state index is 12.0. The molecule has 1 amide bonds. The number of rotatable bonds is 6. The summed E-state index contributed by atoms with van der Waals surface area (Å²) in [5.41, 5.74) is -0.507. The molecule has 2 aliphatic carbocycles. The number of hydrogen-bond acceptors (Lipinski definition) is 3. The molecule has 0 heterocycles. The van der Waals surface area contributed by atoms with Gasteiger partial charge in [0.15, 0.2) is 0 Å². The number of carbonyl (C=O) groups excluding carboxylic acids is 1. The number of amides is 1. The van der Waals surface area contributed by atoms with E-state index >= 15 is 0 Å². The van der Waals surface area contributed by atoms with E-state index in [4.69, 9.17) is 4.74 Å². The lowest BCUT2D eigenvalue weighted by Gasteiger charge is -2.43. The topological polar surface area (TPSA) is 50.4 Å². The summed E-state index contributed by atoms with van der Waals surface area (Å²) in [5, 5.41) is 6.77. The van der Waals surface area contributed by atoms with E-state index in [1.54, 1.807) is 0 Å². The molecule has 2 rings (SSSR count). The third-order valence-electron chi connectivity index (χ3n) is 4.41. The lowest BCUT2D eigenvalue weighted by molar-refractivity contribution is 0.0377. The second kappa shape index (κ2) is 5.92. The summed E-state index contributed by atoms with van der Waals surface area (Å²) < 4.78 is 5.38. The number of carbonyl (C=O) groups is 1. The Morgan fingerprint density at radius 1 is 1.35 bits per heavy atom. The summed E-state index contributed by atoms with van der Waals surface area (Å²) in [5.74, 6) is 0.860. The van der Waals surface area contributed by atoms with Crippen LogP contribution in [-0.2, 0) is 4.74 Å². The molecule has 20 heavy (non-hydrogen) atoms. The minimum absolute atomic E-state index is 0.0787. The van der Waals surface area contributed by atoms with Gasteiger partial charge >= 0.3 is 6.09 Å². The minimum atomic E-state index is -0.428. The molecule has 0 aromatic carbocycles. The molecule has 0 aromatic rings. The van der Waals surface area contributed by atoms with E-state index < -0.39 is 5.60 Å². The van der Waals surface area contributed by atoms with Gasteiger partial charge in [0.1, 0.15) is 5.60 Å². The molecular weight excluding hydrogens is 252 g/mol. The smallest absolute Gasteiger partial charge is 0.408 e. The molecule has 4 heteroatoms. The van der Waals surface area contributed by atoms with Crippen molar-refractivity contribution in [3.63, 3.8) is 0 Å². The zero-order valence-corrected chi connectivity index (χ0v) is 13.4. The Balaban J connectivity index is 1.81. The van der Waals surface area contributed by atoms with Crippen LogP contribution in [0.4, 0.5) is 4.79 Å². The quantitative estimate of drug-likeness (QED) is 0.786. The van der Waals surface area contributed by atoms with E-state index in [1.807, 2.05) is 20.8 Å². The fourth-order valence-electron chi connectivity index (χ4n) is 2.94. The van der Waals surface area contributed by atoms with Gasteiger partial charge in [0.25, 0.3) is 0 Å². The molecule has 0 aliphatic heterocycles. The first-order valence-electron chi connectivity index (χ1n) is 8.08. The third-order valence-corrected chi connectivity index (χ3v) is 4.41. The number of ether oxygens (including phenoxy) is 1. The van der Waals surface area contributed by atoms with E-state index in [1.165, 1.54) is 25.7 Å². The first-order chi connectivity index (χ1) is 9.34. The van der Waals surface area contributed by atoms with Crippen molar-refractivity contribution in [2.24, 2.45) is 5.92 Å². The van der Waals surface area contributed by atoms with Crippen molar-refractivity contribution in [2.75, 3.05) is 6.54 Å². The molecule has 0 bridgehead atoms. The van der Waals surface area contributed by atoms with Crippen molar-refractivity contribution in [2.45, 2.75) is 83.4 Å². The van der Waals surface area contributed by atoms with Gasteiger partial charge in [-0.15, -0.1) is 0 Å². The van der Waals surface area contributed by atoms with Crippen LogP contribution < -0.4 is 10.6 Å². The summed E-state index contributed by atoms with van der Waals surface area (Å²) >= 11 is 0. The van der Waals surface area contributed by atoms with E-state index in [0.29, 0.717) is 6.04 Å². The Morgan fingerprint density at radius 2 is 2.00 bits per heavy atom. The Labute approximate surface area is 123 Å². The van der Waals surface area contributed by atoms with Crippen LogP contribution in [-0.4, -0.2) is 29.8 Å². The lowest BCUT2D eigenvalue weighted by Crippen LogP contribution is -2.61. The zero-order chi connectivity index (χ0) is 14.8. The molecule has 2 N–H and O–H groups in total. The van der Waals surface area contributed by atoms with Gasteiger partial charge in [-0.25, -0.2) is 4.79 Å². The predicted molar refractivity (Wildman–Crippen MR) is 80.8 cm³/mol. The Hall–Kier alpha value is -0.770. The molecule has 2 saturated carbocycles. The van der Waals surface area contributed by atoms with Gasteiger partial charge in [-0.2, -0.15) is 0 Å². The van der Waals surface area contributed by atoms with Gasteiger partial charge in [-0.3, -0.25) is 0 Å². The summed E-state index contributed by atoms with van der Waals surface area (Å²) in [6.45, 7) is 8.82. The molecular formula is C16H30N2O2. The number of nitrogens with one attached hydrogen (secondary N) is 2. The predicted octanol–water partition coefficient (Wildman–Crippen LogP) is 3.21. The minimum Gasteiger partial charge on any atom is -0.444 e. The highest BCUT2D eigenvalue weighted by atomic mass is 16.6. The van der Waals surface area contributed by atoms with Crippen molar-refractivity contribution >= 4 is 6.09 Å². The van der Waals surface area contributed by atoms with Gasteiger partial charge < -0.3 is 15.4 Å². The monoisotopic (exact) mass is 282 g/mol. The molecule has 1 unspecified atom stereocenters. The van der Waals surface area contributed by atoms with Crippen LogP contribution in [0.5, 0.6) is 0 Å². The van der Waals surface area contributed by atoms with Crippen molar-refractivity contribution in [1.82, 2.24) is 10.6 Å². The van der Waals surface area contributed by atoms with Crippen LogP contribution >= 0.6 is 0 Å². The zero-order valence-electron chi connectivity index (χ0n) is 13.4. The molecule has 116 valence electrons. The van der Waals surface area contributed by atoms with Crippen LogP contribution in [0.2, 0.25) is 0 Å². The van der Waals surface area contributed by atoms with Crippen LogP contribution in [0.3, 0.4) is 0 Å². The Bertz CT molecular complexity index is 341. The average molecular weight is 282 g/mol. The normalized spacial score (nSPS) is 22.8. The molecule has 0 saturated heterocycles. The summed E-state index contributed by atoms with van der Waals surface area (Å²) in [6.07, 6.45) is 6.92. The largest absolute Gasteiger partial charge is 0.444 e. The molecule has 0 spiro atoms. The van der Waals surface area contributed by atoms with Crippen LogP contribution in [0, 0.1) is 5.92 Å².